The molecular formula is C11H12F3IN2O. The highest BCUT2D eigenvalue weighted by molar-refractivity contribution is 14.1. The molecule has 0 saturated carbocycles. The van der Waals surface area contributed by atoms with Gasteiger partial charge in [0.25, 0.3) is 5.91 Å². The van der Waals surface area contributed by atoms with Crippen molar-refractivity contribution in [3.05, 3.63) is 29.6 Å². The van der Waals surface area contributed by atoms with Gasteiger partial charge in [-0.3, -0.25) is 9.78 Å². The molecular weight excluding hydrogens is 360 g/mol. The lowest BCUT2D eigenvalue weighted by molar-refractivity contribution is -0.137. The number of halogens is 4. The highest BCUT2D eigenvalue weighted by Crippen LogP contribution is 2.28. The van der Waals surface area contributed by atoms with Crippen LogP contribution in [0.15, 0.2) is 18.3 Å². The quantitative estimate of drug-likeness (QED) is 0.491. The zero-order chi connectivity index (χ0) is 13.6. The zero-order valence-electron chi connectivity index (χ0n) is 9.43. The van der Waals surface area contributed by atoms with Crippen molar-refractivity contribution in [3.8, 4) is 0 Å². The summed E-state index contributed by atoms with van der Waals surface area (Å²) in [4.78, 5) is 15.0. The summed E-state index contributed by atoms with van der Waals surface area (Å²) >= 11 is 2.24. The fraction of sp³-hybridized carbons (Fsp3) is 0.455. The summed E-state index contributed by atoms with van der Waals surface area (Å²) in [5, 5.41) is 2.61. The fourth-order valence-electron chi connectivity index (χ4n) is 1.21. The molecule has 1 N–H and O–H groups in total. The predicted octanol–water partition coefficient (Wildman–Crippen LogP) is 3.05. The van der Waals surface area contributed by atoms with E-state index in [0.29, 0.717) is 12.7 Å². The number of hydrogen-bond donors (Lipinski definition) is 1. The van der Waals surface area contributed by atoms with Crippen molar-refractivity contribution in [2.45, 2.75) is 19.0 Å². The van der Waals surface area contributed by atoms with Gasteiger partial charge in [0.05, 0.1) is 5.56 Å². The predicted molar refractivity (Wildman–Crippen MR) is 69.7 cm³/mol. The normalized spacial score (nSPS) is 11.3. The Morgan fingerprint density at radius 1 is 1.33 bits per heavy atom. The third kappa shape index (κ3) is 4.79. The number of rotatable bonds is 5. The molecule has 0 saturated heterocycles. The second-order valence-electron chi connectivity index (χ2n) is 3.58. The van der Waals surface area contributed by atoms with Crippen LogP contribution in [0.5, 0.6) is 0 Å². The average Bonchev–Trinajstić information content (AvgIpc) is 2.33. The van der Waals surface area contributed by atoms with E-state index in [9.17, 15) is 18.0 Å². The molecule has 0 aliphatic heterocycles. The molecule has 1 amide bonds. The molecule has 0 aliphatic rings. The topological polar surface area (TPSA) is 42.0 Å². The SMILES string of the molecule is O=C(NCCCCI)c1ccc(C(F)(F)F)cn1. The lowest BCUT2D eigenvalue weighted by Gasteiger charge is -2.07. The van der Waals surface area contributed by atoms with Gasteiger partial charge in [0.2, 0.25) is 0 Å². The number of carbonyl (C=O) groups excluding carboxylic acids is 1. The molecule has 1 heterocycles. The lowest BCUT2D eigenvalue weighted by atomic mass is 10.2. The minimum atomic E-state index is -4.43. The molecule has 0 aliphatic carbocycles. The molecule has 0 fully saturated rings. The number of alkyl halides is 4. The van der Waals surface area contributed by atoms with Crippen LogP contribution in [-0.2, 0) is 6.18 Å². The maximum Gasteiger partial charge on any atom is 0.417 e. The summed E-state index contributed by atoms with van der Waals surface area (Å²) in [6.45, 7) is 0.505. The smallest absolute Gasteiger partial charge is 0.351 e. The van der Waals surface area contributed by atoms with Crippen molar-refractivity contribution in [1.82, 2.24) is 10.3 Å². The van der Waals surface area contributed by atoms with Gasteiger partial charge in [-0.05, 0) is 29.4 Å². The summed E-state index contributed by atoms with van der Waals surface area (Å²) < 4.78 is 37.8. The molecule has 0 unspecified atom stereocenters. The van der Waals surface area contributed by atoms with Crippen molar-refractivity contribution < 1.29 is 18.0 Å². The molecule has 1 aromatic rings. The van der Waals surface area contributed by atoms with E-state index in [1.807, 2.05) is 0 Å². The Morgan fingerprint density at radius 2 is 2.06 bits per heavy atom. The second-order valence-corrected chi connectivity index (χ2v) is 4.66. The number of pyridine rings is 1. The summed E-state index contributed by atoms with van der Waals surface area (Å²) in [7, 11) is 0. The van der Waals surface area contributed by atoms with Crippen molar-refractivity contribution in [2.24, 2.45) is 0 Å². The molecule has 1 rings (SSSR count). The number of nitrogens with one attached hydrogen (secondary N) is 1. The Labute approximate surface area is 116 Å². The van der Waals surface area contributed by atoms with E-state index < -0.39 is 17.6 Å². The first-order valence-corrected chi connectivity index (χ1v) is 6.85. The van der Waals surface area contributed by atoms with E-state index in [4.69, 9.17) is 0 Å². The van der Waals surface area contributed by atoms with Crippen LogP contribution in [0.25, 0.3) is 0 Å². The Bertz CT molecular complexity index is 392. The standard InChI is InChI=1S/C11H12F3IN2O/c12-11(13,14)8-3-4-9(17-7-8)10(18)16-6-2-1-5-15/h3-4,7H,1-2,5-6H2,(H,16,18). The number of nitrogens with zero attached hydrogens (tertiary/aromatic N) is 1. The van der Waals surface area contributed by atoms with E-state index in [1.165, 1.54) is 0 Å². The number of amides is 1. The molecule has 3 nitrogen and oxygen atoms in total. The number of hydrogen-bond acceptors (Lipinski definition) is 2. The Kier molecular flexibility index (Phi) is 5.83. The minimum absolute atomic E-state index is 0.00234. The van der Waals surface area contributed by atoms with Crippen LogP contribution in [0.4, 0.5) is 13.2 Å². The van der Waals surface area contributed by atoms with Gasteiger partial charge in [0.15, 0.2) is 0 Å². The van der Waals surface area contributed by atoms with Crippen molar-refractivity contribution >= 4 is 28.5 Å². The Balaban J connectivity index is 2.54. The Morgan fingerprint density at radius 3 is 2.56 bits per heavy atom. The average molecular weight is 372 g/mol. The molecule has 1 aromatic heterocycles. The van der Waals surface area contributed by atoms with E-state index in [2.05, 4.69) is 32.9 Å². The van der Waals surface area contributed by atoms with Gasteiger partial charge in [-0.1, -0.05) is 22.6 Å². The first-order valence-electron chi connectivity index (χ1n) is 5.32. The maximum absolute atomic E-state index is 12.3. The van der Waals surface area contributed by atoms with Gasteiger partial charge in [0.1, 0.15) is 5.69 Å². The van der Waals surface area contributed by atoms with Crippen LogP contribution in [-0.4, -0.2) is 21.9 Å². The summed E-state index contributed by atoms with van der Waals surface area (Å²) in [6, 6.07) is 1.93. The highest BCUT2D eigenvalue weighted by atomic mass is 127. The zero-order valence-corrected chi connectivity index (χ0v) is 11.6. The second kappa shape index (κ2) is 6.91. The number of unbranched alkanes of at least 4 members (excludes halogenated alkanes) is 1. The molecule has 0 radical (unpaired) electrons. The third-order valence-electron chi connectivity index (χ3n) is 2.17. The first-order chi connectivity index (χ1) is 8.45. The van der Waals surface area contributed by atoms with Gasteiger partial charge < -0.3 is 5.32 Å². The van der Waals surface area contributed by atoms with E-state index >= 15 is 0 Å². The lowest BCUT2D eigenvalue weighted by Crippen LogP contribution is -2.25. The molecule has 0 bridgehead atoms. The number of aromatic nitrogens is 1. The van der Waals surface area contributed by atoms with Crippen molar-refractivity contribution in [2.75, 3.05) is 11.0 Å². The maximum atomic E-state index is 12.3. The Hall–Kier alpha value is -0.860. The summed E-state index contributed by atoms with van der Waals surface area (Å²) in [5.41, 5.74) is -0.860. The van der Waals surface area contributed by atoms with Gasteiger partial charge in [-0.25, -0.2) is 0 Å². The molecule has 18 heavy (non-hydrogen) atoms. The van der Waals surface area contributed by atoms with Gasteiger partial charge in [-0.15, -0.1) is 0 Å². The van der Waals surface area contributed by atoms with Gasteiger partial charge in [0, 0.05) is 12.7 Å². The van der Waals surface area contributed by atoms with Crippen LogP contribution in [0.1, 0.15) is 28.9 Å². The van der Waals surface area contributed by atoms with Crippen LogP contribution in [0.2, 0.25) is 0 Å². The molecule has 7 heteroatoms. The molecule has 0 spiro atoms. The van der Waals surface area contributed by atoms with E-state index in [0.717, 1.165) is 29.4 Å². The first kappa shape index (κ1) is 15.2. The monoisotopic (exact) mass is 372 g/mol. The van der Waals surface area contributed by atoms with Gasteiger partial charge >= 0.3 is 6.18 Å². The largest absolute Gasteiger partial charge is 0.417 e. The van der Waals surface area contributed by atoms with Crippen LogP contribution >= 0.6 is 22.6 Å². The van der Waals surface area contributed by atoms with Crippen molar-refractivity contribution in [3.63, 3.8) is 0 Å². The fourth-order valence-corrected chi connectivity index (χ4v) is 1.75. The highest BCUT2D eigenvalue weighted by Gasteiger charge is 2.30. The van der Waals surface area contributed by atoms with Crippen molar-refractivity contribution in [1.29, 1.82) is 0 Å². The third-order valence-corrected chi connectivity index (χ3v) is 2.93. The van der Waals surface area contributed by atoms with E-state index in [1.54, 1.807) is 0 Å². The number of carbonyl (C=O) groups is 1. The summed E-state index contributed by atoms with van der Waals surface area (Å²) in [6.07, 6.45) is -1.93. The van der Waals surface area contributed by atoms with Gasteiger partial charge in [-0.2, -0.15) is 13.2 Å². The summed E-state index contributed by atoms with van der Waals surface area (Å²) in [5.74, 6) is -0.447. The van der Waals surface area contributed by atoms with Crippen LogP contribution < -0.4 is 5.32 Å². The minimum Gasteiger partial charge on any atom is -0.351 e. The van der Waals surface area contributed by atoms with Crippen LogP contribution in [0.3, 0.4) is 0 Å². The van der Waals surface area contributed by atoms with Crippen LogP contribution in [0, 0.1) is 0 Å². The molecule has 0 atom stereocenters. The molecule has 100 valence electrons. The van der Waals surface area contributed by atoms with E-state index in [-0.39, 0.29) is 5.69 Å². The molecule has 0 aromatic carbocycles.